The zero-order chi connectivity index (χ0) is 21.7. The summed E-state index contributed by atoms with van der Waals surface area (Å²) >= 11 is 0. The molecule has 2 aromatic rings. The number of hydrogen-bond acceptors (Lipinski definition) is 8. The number of rotatable bonds is 6. The standard InChI is InChI=1S/C20H21N3O7/c1-29-20(26)14-2-7-18(17(12-14)23(27)28)30-13-19(25)22-10-8-21(9-11-22)15-3-5-16(24)6-4-15/h2-7,12,24H,8-11,13H2,1H3. The van der Waals surface area contributed by atoms with Crippen molar-refractivity contribution in [2.24, 2.45) is 0 Å². The molecule has 158 valence electrons. The van der Waals surface area contributed by atoms with Crippen molar-refractivity contribution in [3.63, 3.8) is 0 Å². The number of esters is 1. The van der Waals surface area contributed by atoms with Crippen molar-refractivity contribution in [1.29, 1.82) is 0 Å². The lowest BCUT2D eigenvalue weighted by atomic mass is 10.2. The Morgan fingerprint density at radius 3 is 2.37 bits per heavy atom. The summed E-state index contributed by atoms with van der Waals surface area (Å²) in [5, 5.41) is 20.7. The van der Waals surface area contributed by atoms with Crippen molar-refractivity contribution in [2.75, 3.05) is 44.8 Å². The highest BCUT2D eigenvalue weighted by Gasteiger charge is 2.24. The van der Waals surface area contributed by atoms with Crippen LogP contribution in [0.5, 0.6) is 11.5 Å². The molecule has 1 saturated heterocycles. The number of methoxy groups -OCH3 is 1. The summed E-state index contributed by atoms with van der Waals surface area (Å²) in [5.74, 6) is -0.888. The molecule has 30 heavy (non-hydrogen) atoms. The third-order valence-corrected chi connectivity index (χ3v) is 4.78. The molecule has 10 heteroatoms. The van der Waals surface area contributed by atoms with E-state index in [0.717, 1.165) is 11.8 Å². The smallest absolute Gasteiger partial charge is 0.338 e. The number of nitro benzene ring substituents is 1. The summed E-state index contributed by atoms with van der Waals surface area (Å²) in [5.41, 5.74) is 0.563. The summed E-state index contributed by atoms with van der Waals surface area (Å²) in [6.07, 6.45) is 0. The summed E-state index contributed by atoms with van der Waals surface area (Å²) in [6.45, 7) is 1.84. The van der Waals surface area contributed by atoms with Crippen molar-refractivity contribution >= 4 is 23.3 Å². The van der Waals surface area contributed by atoms with Gasteiger partial charge in [0.25, 0.3) is 5.91 Å². The monoisotopic (exact) mass is 415 g/mol. The lowest BCUT2D eigenvalue weighted by Crippen LogP contribution is -2.50. The summed E-state index contributed by atoms with van der Waals surface area (Å²) in [6, 6.07) is 10.5. The van der Waals surface area contributed by atoms with Gasteiger partial charge in [-0.1, -0.05) is 0 Å². The molecule has 0 bridgehead atoms. The van der Waals surface area contributed by atoms with Crippen molar-refractivity contribution in [2.45, 2.75) is 0 Å². The van der Waals surface area contributed by atoms with Gasteiger partial charge >= 0.3 is 11.7 Å². The van der Waals surface area contributed by atoms with Crippen LogP contribution in [0.3, 0.4) is 0 Å². The Morgan fingerprint density at radius 2 is 1.77 bits per heavy atom. The maximum Gasteiger partial charge on any atom is 0.338 e. The molecule has 1 heterocycles. The van der Waals surface area contributed by atoms with Gasteiger partial charge in [0.15, 0.2) is 12.4 Å². The maximum absolute atomic E-state index is 12.5. The van der Waals surface area contributed by atoms with E-state index in [1.54, 1.807) is 17.0 Å². The van der Waals surface area contributed by atoms with Crippen LogP contribution < -0.4 is 9.64 Å². The average molecular weight is 415 g/mol. The highest BCUT2D eigenvalue weighted by Crippen LogP contribution is 2.28. The Kier molecular flexibility index (Phi) is 6.35. The van der Waals surface area contributed by atoms with E-state index in [-0.39, 0.29) is 29.6 Å². The van der Waals surface area contributed by atoms with Gasteiger partial charge in [0.2, 0.25) is 0 Å². The van der Waals surface area contributed by atoms with E-state index in [4.69, 9.17) is 4.74 Å². The Balaban J connectivity index is 1.58. The molecule has 1 amide bonds. The Morgan fingerprint density at radius 1 is 1.10 bits per heavy atom. The van der Waals surface area contributed by atoms with E-state index in [1.807, 2.05) is 12.1 Å². The molecule has 1 N–H and O–H groups in total. The van der Waals surface area contributed by atoms with Gasteiger partial charge in [0.05, 0.1) is 17.6 Å². The van der Waals surface area contributed by atoms with E-state index in [2.05, 4.69) is 9.64 Å². The van der Waals surface area contributed by atoms with E-state index in [9.17, 15) is 24.8 Å². The van der Waals surface area contributed by atoms with Gasteiger partial charge in [-0.25, -0.2) is 4.79 Å². The number of aromatic hydroxyl groups is 1. The zero-order valence-corrected chi connectivity index (χ0v) is 16.3. The first kappa shape index (κ1) is 20.9. The lowest BCUT2D eigenvalue weighted by molar-refractivity contribution is -0.385. The molecule has 0 spiro atoms. The maximum atomic E-state index is 12.5. The molecule has 0 radical (unpaired) electrons. The normalized spacial score (nSPS) is 13.6. The van der Waals surface area contributed by atoms with Gasteiger partial charge in [-0.15, -0.1) is 0 Å². The van der Waals surface area contributed by atoms with Gasteiger partial charge in [0.1, 0.15) is 5.75 Å². The van der Waals surface area contributed by atoms with Crippen LogP contribution in [0.2, 0.25) is 0 Å². The van der Waals surface area contributed by atoms with Crippen LogP contribution in [0.4, 0.5) is 11.4 Å². The van der Waals surface area contributed by atoms with Crippen LogP contribution in [0.15, 0.2) is 42.5 Å². The highest BCUT2D eigenvalue weighted by atomic mass is 16.6. The molecular formula is C20H21N3O7. The molecule has 0 aromatic heterocycles. The van der Waals surface area contributed by atoms with Crippen molar-refractivity contribution < 1.29 is 29.1 Å². The van der Waals surface area contributed by atoms with Crippen molar-refractivity contribution in [3.05, 3.63) is 58.1 Å². The third-order valence-electron chi connectivity index (χ3n) is 4.78. The van der Waals surface area contributed by atoms with Crippen LogP contribution >= 0.6 is 0 Å². The third kappa shape index (κ3) is 4.77. The molecule has 2 aromatic carbocycles. The second-order valence-corrected chi connectivity index (χ2v) is 6.60. The fourth-order valence-electron chi connectivity index (χ4n) is 3.14. The number of hydrogen-bond donors (Lipinski definition) is 1. The first-order chi connectivity index (χ1) is 14.4. The van der Waals surface area contributed by atoms with Crippen LogP contribution in [-0.2, 0) is 9.53 Å². The number of carbonyl (C=O) groups excluding carboxylic acids is 2. The van der Waals surface area contributed by atoms with Crippen LogP contribution in [0.1, 0.15) is 10.4 Å². The first-order valence-electron chi connectivity index (χ1n) is 9.20. The molecular weight excluding hydrogens is 394 g/mol. The number of anilines is 1. The molecule has 10 nitrogen and oxygen atoms in total. The zero-order valence-electron chi connectivity index (χ0n) is 16.3. The highest BCUT2D eigenvalue weighted by molar-refractivity contribution is 5.90. The van der Waals surface area contributed by atoms with Gasteiger partial charge in [0, 0.05) is 37.9 Å². The summed E-state index contributed by atoms with van der Waals surface area (Å²) < 4.78 is 9.94. The predicted octanol–water partition coefficient (Wildman–Crippen LogP) is 1.81. The number of phenols is 1. The number of nitro groups is 1. The largest absolute Gasteiger partial charge is 0.508 e. The van der Waals surface area contributed by atoms with Crippen molar-refractivity contribution in [1.82, 2.24) is 4.90 Å². The molecule has 1 fully saturated rings. The minimum atomic E-state index is -0.702. The van der Waals surface area contributed by atoms with Gasteiger partial charge in [-0.2, -0.15) is 0 Å². The van der Waals surface area contributed by atoms with Crippen LogP contribution in [0.25, 0.3) is 0 Å². The number of phenolic OH excluding ortho intramolecular Hbond substituents is 1. The number of nitrogens with zero attached hydrogens (tertiary/aromatic N) is 3. The molecule has 0 unspecified atom stereocenters. The molecule has 1 aliphatic rings. The predicted molar refractivity (Wildman–Crippen MR) is 107 cm³/mol. The Bertz CT molecular complexity index is 938. The van der Waals surface area contributed by atoms with E-state index in [0.29, 0.717) is 26.2 Å². The minimum absolute atomic E-state index is 0.0215. The van der Waals surface area contributed by atoms with E-state index in [1.165, 1.54) is 19.2 Å². The number of carbonyl (C=O) groups is 2. The van der Waals surface area contributed by atoms with E-state index < -0.39 is 16.6 Å². The fourth-order valence-corrected chi connectivity index (χ4v) is 3.14. The first-order valence-corrected chi connectivity index (χ1v) is 9.20. The lowest BCUT2D eigenvalue weighted by Gasteiger charge is -2.36. The fraction of sp³-hybridized carbons (Fsp3) is 0.300. The number of ether oxygens (including phenoxy) is 2. The quantitative estimate of drug-likeness (QED) is 0.431. The van der Waals surface area contributed by atoms with Crippen LogP contribution in [0, 0.1) is 10.1 Å². The van der Waals surface area contributed by atoms with Gasteiger partial charge in [-0.3, -0.25) is 14.9 Å². The number of benzene rings is 2. The summed E-state index contributed by atoms with van der Waals surface area (Å²) in [7, 11) is 1.18. The Labute approximate surface area is 172 Å². The molecule has 1 aliphatic heterocycles. The van der Waals surface area contributed by atoms with Crippen LogP contribution in [-0.4, -0.2) is 66.7 Å². The van der Waals surface area contributed by atoms with Gasteiger partial charge < -0.3 is 24.4 Å². The van der Waals surface area contributed by atoms with Crippen molar-refractivity contribution in [3.8, 4) is 11.5 Å². The van der Waals surface area contributed by atoms with Gasteiger partial charge in [-0.05, 0) is 36.4 Å². The second kappa shape index (κ2) is 9.12. The molecule has 0 saturated carbocycles. The summed E-state index contributed by atoms with van der Waals surface area (Å²) in [4.78, 5) is 38.4. The molecule has 3 rings (SSSR count). The second-order valence-electron chi connectivity index (χ2n) is 6.60. The average Bonchev–Trinajstić information content (AvgIpc) is 2.77. The molecule has 0 aliphatic carbocycles. The molecule has 0 atom stereocenters. The SMILES string of the molecule is COC(=O)c1ccc(OCC(=O)N2CCN(c3ccc(O)cc3)CC2)c([N+](=O)[O-])c1. The minimum Gasteiger partial charge on any atom is -0.508 e. The topological polar surface area (TPSA) is 122 Å². The van der Waals surface area contributed by atoms with E-state index >= 15 is 0 Å². The number of piperazine rings is 1. The Hall–Kier alpha value is -3.82. The number of amides is 1.